The Hall–Kier alpha value is -3.74. The number of aromatic nitrogens is 1. The van der Waals surface area contributed by atoms with Crippen LogP contribution in [0.15, 0.2) is 65.5 Å². The van der Waals surface area contributed by atoms with Crippen molar-refractivity contribution in [3.63, 3.8) is 0 Å². The molecule has 0 aliphatic carbocycles. The van der Waals surface area contributed by atoms with Crippen LogP contribution in [0.3, 0.4) is 0 Å². The fourth-order valence-electron chi connectivity index (χ4n) is 4.61. The maximum atomic E-state index is 13.0. The van der Waals surface area contributed by atoms with E-state index in [1.54, 1.807) is 6.26 Å². The summed E-state index contributed by atoms with van der Waals surface area (Å²) in [5.41, 5.74) is 6.16. The Labute approximate surface area is 200 Å². The number of benzene rings is 2. The van der Waals surface area contributed by atoms with Gasteiger partial charge in [0.25, 0.3) is 0 Å². The molecule has 2 aliphatic heterocycles. The molecule has 0 N–H and O–H groups in total. The highest BCUT2D eigenvalue weighted by molar-refractivity contribution is 5.77. The van der Waals surface area contributed by atoms with Crippen molar-refractivity contribution in [2.75, 3.05) is 18.0 Å². The van der Waals surface area contributed by atoms with Gasteiger partial charge < -0.3 is 19.1 Å². The van der Waals surface area contributed by atoms with Crippen LogP contribution in [0.25, 0.3) is 11.1 Å². The molecule has 176 valence electrons. The molecule has 7 nitrogen and oxygen atoms in total. The maximum Gasteiger partial charge on any atom is 0.320 e. The van der Waals surface area contributed by atoms with E-state index in [4.69, 9.17) is 9.26 Å². The predicted octanol–water partition coefficient (Wildman–Crippen LogP) is 5.61. The second kappa shape index (κ2) is 8.89. The van der Waals surface area contributed by atoms with E-state index >= 15 is 0 Å². The molecule has 34 heavy (non-hydrogen) atoms. The van der Waals surface area contributed by atoms with Crippen LogP contribution in [0.4, 0.5) is 10.7 Å². The van der Waals surface area contributed by atoms with Gasteiger partial charge in [-0.15, -0.1) is 0 Å². The molecule has 1 atom stereocenters. The van der Waals surface area contributed by atoms with E-state index < -0.39 is 0 Å². The first kappa shape index (κ1) is 22.1. The number of nitrogens with zero attached hydrogens (tertiary/aromatic N) is 4. The molecule has 0 saturated carbocycles. The highest BCUT2D eigenvalue weighted by Gasteiger charge is 2.32. The summed E-state index contributed by atoms with van der Waals surface area (Å²) in [6, 6.07) is 16.9. The Morgan fingerprint density at radius 2 is 1.88 bits per heavy atom. The molecule has 1 fully saturated rings. The zero-order valence-electron chi connectivity index (χ0n) is 20.1. The fourth-order valence-corrected chi connectivity index (χ4v) is 4.61. The number of hydrogen-bond acceptors (Lipinski definition) is 5. The van der Waals surface area contributed by atoms with Gasteiger partial charge in [0.05, 0.1) is 5.69 Å². The number of amides is 2. The second-order valence-electron chi connectivity index (χ2n) is 9.15. The number of hydrogen-bond donors (Lipinski definition) is 0. The standard InChI is InChI=1S/C27H30N4O3/c1-18(2)30-13-12-29(27(30)32)17-23-16-22(10-11-24(23)21-8-6-5-7-9-21)26-31(14-15-33-26)25-19(3)20(4)28-34-25/h5-11,14-16,18,26H,12-13,17H2,1-4H3. The summed E-state index contributed by atoms with van der Waals surface area (Å²) in [5.74, 6) is 0.673. The number of urea groups is 1. The lowest BCUT2D eigenvalue weighted by Gasteiger charge is -2.25. The van der Waals surface area contributed by atoms with E-state index in [0.717, 1.165) is 46.6 Å². The average molecular weight is 459 g/mol. The Kier molecular flexibility index (Phi) is 5.77. The van der Waals surface area contributed by atoms with E-state index in [9.17, 15) is 4.79 Å². The smallest absolute Gasteiger partial charge is 0.320 e. The van der Waals surface area contributed by atoms with Crippen molar-refractivity contribution in [2.45, 2.75) is 46.5 Å². The quantitative estimate of drug-likeness (QED) is 0.480. The molecule has 0 radical (unpaired) electrons. The van der Waals surface area contributed by atoms with Gasteiger partial charge in [0, 0.05) is 43.0 Å². The number of carbonyl (C=O) groups is 1. The lowest BCUT2D eigenvalue weighted by atomic mass is 9.96. The Bertz CT molecular complexity index is 1220. The SMILES string of the molecule is Cc1noc(N2C=COC2c2ccc(-c3ccccc3)c(CN3CCN(C(C)C)C3=O)c2)c1C. The first-order valence-corrected chi connectivity index (χ1v) is 11.7. The molecule has 0 spiro atoms. The first-order chi connectivity index (χ1) is 16.4. The van der Waals surface area contributed by atoms with Crippen LogP contribution >= 0.6 is 0 Å². The molecular weight excluding hydrogens is 428 g/mol. The summed E-state index contributed by atoms with van der Waals surface area (Å²) < 4.78 is 11.6. The zero-order valence-corrected chi connectivity index (χ0v) is 20.1. The third-order valence-electron chi connectivity index (χ3n) is 6.66. The molecule has 2 aromatic carbocycles. The van der Waals surface area contributed by atoms with Crippen LogP contribution < -0.4 is 4.90 Å². The van der Waals surface area contributed by atoms with Crippen LogP contribution in [0.2, 0.25) is 0 Å². The number of carbonyl (C=O) groups excluding carboxylic acids is 1. The molecule has 0 bridgehead atoms. The van der Waals surface area contributed by atoms with E-state index in [-0.39, 0.29) is 18.3 Å². The summed E-state index contributed by atoms with van der Waals surface area (Å²) in [6.45, 7) is 10.1. The number of aryl methyl sites for hydroxylation is 1. The molecule has 2 amide bonds. The van der Waals surface area contributed by atoms with Crippen molar-refractivity contribution in [3.05, 3.63) is 83.4 Å². The van der Waals surface area contributed by atoms with Crippen molar-refractivity contribution in [3.8, 4) is 11.1 Å². The lowest BCUT2D eigenvalue weighted by Crippen LogP contribution is -2.36. The van der Waals surface area contributed by atoms with Gasteiger partial charge in [0.2, 0.25) is 12.1 Å². The monoisotopic (exact) mass is 458 g/mol. The minimum atomic E-state index is -0.365. The Morgan fingerprint density at radius 1 is 1.09 bits per heavy atom. The van der Waals surface area contributed by atoms with Crippen LogP contribution in [-0.4, -0.2) is 40.1 Å². The van der Waals surface area contributed by atoms with Gasteiger partial charge in [-0.25, -0.2) is 4.79 Å². The summed E-state index contributed by atoms with van der Waals surface area (Å²) >= 11 is 0. The third kappa shape index (κ3) is 3.91. The third-order valence-corrected chi connectivity index (χ3v) is 6.66. The van der Waals surface area contributed by atoms with E-state index in [1.165, 1.54) is 0 Å². The zero-order chi connectivity index (χ0) is 23.8. The van der Waals surface area contributed by atoms with Gasteiger partial charge in [-0.2, -0.15) is 0 Å². The molecule has 3 aromatic rings. The first-order valence-electron chi connectivity index (χ1n) is 11.7. The Morgan fingerprint density at radius 3 is 2.56 bits per heavy atom. The van der Waals surface area contributed by atoms with E-state index in [2.05, 4.69) is 49.3 Å². The normalized spacial score (nSPS) is 17.9. The van der Waals surface area contributed by atoms with Crippen molar-refractivity contribution in [1.82, 2.24) is 15.0 Å². The largest absolute Gasteiger partial charge is 0.472 e. The topological polar surface area (TPSA) is 62.1 Å². The summed E-state index contributed by atoms with van der Waals surface area (Å²) in [5, 5.41) is 4.10. The van der Waals surface area contributed by atoms with Crippen molar-refractivity contribution in [2.24, 2.45) is 0 Å². The van der Waals surface area contributed by atoms with Gasteiger partial charge in [-0.05, 0) is 50.5 Å². The number of rotatable bonds is 6. The lowest BCUT2D eigenvalue weighted by molar-refractivity contribution is 0.169. The van der Waals surface area contributed by atoms with Gasteiger partial charge in [0.1, 0.15) is 6.26 Å². The molecular formula is C27H30N4O3. The molecule has 1 unspecified atom stereocenters. The van der Waals surface area contributed by atoms with Crippen molar-refractivity contribution >= 4 is 11.9 Å². The molecule has 3 heterocycles. The summed E-state index contributed by atoms with van der Waals surface area (Å²) in [6.07, 6.45) is 3.18. The van der Waals surface area contributed by atoms with Crippen molar-refractivity contribution < 1.29 is 14.1 Å². The minimum absolute atomic E-state index is 0.0904. The minimum Gasteiger partial charge on any atom is -0.472 e. The molecule has 1 aromatic heterocycles. The molecule has 2 aliphatic rings. The van der Waals surface area contributed by atoms with Crippen LogP contribution in [0, 0.1) is 13.8 Å². The van der Waals surface area contributed by atoms with E-state index in [1.807, 2.05) is 52.9 Å². The van der Waals surface area contributed by atoms with E-state index in [0.29, 0.717) is 12.4 Å². The highest BCUT2D eigenvalue weighted by atomic mass is 16.5. The van der Waals surface area contributed by atoms with Crippen molar-refractivity contribution in [1.29, 1.82) is 0 Å². The van der Waals surface area contributed by atoms with Gasteiger partial charge in [-0.3, -0.25) is 4.90 Å². The maximum absolute atomic E-state index is 13.0. The number of anilines is 1. The predicted molar refractivity (Wildman–Crippen MR) is 131 cm³/mol. The van der Waals surface area contributed by atoms with Gasteiger partial charge in [-0.1, -0.05) is 47.6 Å². The highest BCUT2D eigenvalue weighted by Crippen LogP contribution is 2.37. The van der Waals surface area contributed by atoms with Crippen LogP contribution in [0.5, 0.6) is 0 Å². The van der Waals surface area contributed by atoms with Gasteiger partial charge in [0.15, 0.2) is 0 Å². The Balaban J connectivity index is 1.50. The molecule has 1 saturated heterocycles. The number of ether oxygens (including phenoxy) is 1. The summed E-state index contributed by atoms with van der Waals surface area (Å²) in [7, 11) is 0. The average Bonchev–Trinajstić information content (AvgIpc) is 3.54. The van der Waals surface area contributed by atoms with Gasteiger partial charge >= 0.3 is 6.03 Å². The fraction of sp³-hybridized carbons (Fsp3) is 0.333. The molecule has 7 heteroatoms. The molecule has 5 rings (SSSR count). The van der Waals surface area contributed by atoms with Crippen LogP contribution in [0.1, 0.15) is 42.5 Å². The summed E-state index contributed by atoms with van der Waals surface area (Å²) in [4.78, 5) is 18.8. The second-order valence-corrected chi connectivity index (χ2v) is 9.15. The van der Waals surface area contributed by atoms with Crippen LogP contribution in [-0.2, 0) is 11.3 Å².